The largest absolute Gasteiger partial charge is 0.373 e. The zero-order valence-corrected chi connectivity index (χ0v) is 19.0. The first-order chi connectivity index (χ1) is 15.7. The standard InChI is InChI=1S/C25H34N6O/c1-26-24-20-9-12-27-17-21(20)28-23(29-24)19-10-15-31(16-11-19)25(32)22(30-13-5-6-14-30)18-7-3-2-4-8-18/h2-4,7-8,19,22,27H,5-6,9-17H2,1H3,(H,26,28,29)/t22-/m1/s1. The Balaban J connectivity index is 1.30. The maximum absolute atomic E-state index is 13.7. The van der Waals surface area contributed by atoms with E-state index in [-0.39, 0.29) is 11.9 Å². The molecule has 0 bridgehead atoms. The highest BCUT2D eigenvalue weighted by Crippen LogP contribution is 2.32. The van der Waals surface area contributed by atoms with Gasteiger partial charge in [-0.3, -0.25) is 9.69 Å². The molecule has 0 unspecified atom stereocenters. The number of hydrogen-bond donors (Lipinski definition) is 2. The number of carbonyl (C=O) groups is 1. The van der Waals surface area contributed by atoms with Gasteiger partial charge in [-0.2, -0.15) is 0 Å². The lowest BCUT2D eigenvalue weighted by Crippen LogP contribution is -2.45. The molecule has 5 rings (SSSR count). The van der Waals surface area contributed by atoms with Crippen molar-refractivity contribution in [3.05, 3.63) is 53.0 Å². The van der Waals surface area contributed by atoms with Crippen LogP contribution in [0.25, 0.3) is 0 Å². The van der Waals surface area contributed by atoms with E-state index in [2.05, 4.69) is 32.6 Å². The summed E-state index contributed by atoms with van der Waals surface area (Å²) < 4.78 is 0. The highest BCUT2D eigenvalue weighted by atomic mass is 16.2. The number of hydrogen-bond acceptors (Lipinski definition) is 6. The fraction of sp³-hybridized carbons (Fsp3) is 0.560. The summed E-state index contributed by atoms with van der Waals surface area (Å²) >= 11 is 0. The van der Waals surface area contributed by atoms with E-state index in [1.165, 1.54) is 18.4 Å². The molecule has 0 radical (unpaired) electrons. The molecule has 0 spiro atoms. The minimum Gasteiger partial charge on any atom is -0.373 e. The van der Waals surface area contributed by atoms with Crippen LogP contribution in [-0.2, 0) is 17.8 Å². The van der Waals surface area contributed by atoms with E-state index in [0.717, 1.165) is 81.4 Å². The van der Waals surface area contributed by atoms with Crippen molar-refractivity contribution in [2.24, 2.45) is 0 Å². The number of likely N-dealkylation sites (tertiary alicyclic amines) is 2. The van der Waals surface area contributed by atoms with Crippen molar-refractivity contribution in [3.8, 4) is 0 Å². The summed E-state index contributed by atoms with van der Waals surface area (Å²) in [5.74, 6) is 2.47. The van der Waals surface area contributed by atoms with Crippen molar-refractivity contribution in [3.63, 3.8) is 0 Å². The summed E-state index contributed by atoms with van der Waals surface area (Å²) in [4.78, 5) is 27.9. The molecule has 2 N–H and O–H groups in total. The van der Waals surface area contributed by atoms with Crippen molar-refractivity contribution < 1.29 is 4.79 Å². The molecule has 1 aromatic heterocycles. The Bertz CT molecular complexity index is 918. The Hall–Kier alpha value is -2.51. The second-order valence-corrected chi connectivity index (χ2v) is 9.19. The van der Waals surface area contributed by atoms with Crippen LogP contribution in [0.3, 0.4) is 0 Å². The zero-order valence-electron chi connectivity index (χ0n) is 19.0. The lowest BCUT2D eigenvalue weighted by atomic mass is 9.94. The summed E-state index contributed by atoms with van der Waals surface area (Å²) in [6, 6.07) is 10.1. The van der Waals surface area contributed by atoms with Crippen molar-refractivity contribution in [1.29, 1.82) is 0 Å². The number of nitrogens with zero attached hydrogens (tertiary/aromatic N) is 4. The predicted molar refractivity (Wildman–Crippen MR) is 126 cm³/mol. The molecule has 32 heavy (non-hydrogen) atoms. The third-order valence-electron chi connectivity index (χ3n) is 7.22. The number of carbonyl (C=O) groups excluding carboxylic acids is 1. The third kappa shape index (κ3) is 4.24. The van der Waals surface area contributed by atoms with E-state index in [1.807, 2.05) is 25.2 Å². The quantitative estimate of drug-likeness (QED) is 0.754. The van der Waals surface area contributed by atoms with Gasteiger partial charge in [0.2, 0.25) is 5.91 Å². The number of amides is 1. The van der Waals surface area contributed by atoms with Crippen LogP contribution in [0, 0.1) is 0 Å². The smallest absolute Gasteiger partial charge is 0.244 e. The Labute approximate surface area is 190 Å². The van der Waals surface area contributed by atoms with Crippen LogP contribution in [0.4, 0.5) is 5.82 Å². The normalized spacial score (nSPS) is 20.7. The number of aromatic nitrogens is 2. The van der Waals surface area contributed by atoms with E-state index in [1.54, 1.807) is 0 Å². The van der Waals surface area contributed by atoms with Crippen molar-refractivity contribution in [2.75, 3.05) is 45.1 Å². The van der Waals surface area contributed by atoms with Gasteiger partial charge in [-0.05, 0) is 57.3 Å². The summed E-state index contributed by atoms with van der Waals surface area (Å²) in [6.45, 7) is 5.34. The lowest BCUT2D eigenvalue weighted by molar-refractivity contribution is -0.138. The van der Waals surface area contributed by atoms with Gasteiger partial charge in [0, 0.05) is 38.2 Å². The number of nitrogens with one attached hydrogen (secondary N) is 2. The maximum atomic E-state index is 13.7. The van der Waals surface area contributed by atoms with Crippen molar-refractivity contribution in [1.82, 2.24) is 25.1 Å². The van der Waals surface area contributed by atoms with Crippen LogP contribution in [0.1, 0.15) is 60.3 Å². The zero-order chi connectivity index (χ0) is 21.9. The molecular formula is C25H34N6O. The number of fused-ring (bicyclic) bond motifs is 1. The second kappa shape index (κ2) is 9.55. The fourth-order valence-corrected chi connectivity index (χ4v) is 5.44. The summed E-state index contributed by atoms with van der Waals surface area (Å²) in [5, 5.41) is 6.70. The van der Waals surface area contributed by atoms with Gasteiger partial charge in [0.1, 0.15) is 17.7 Å². The van der Waals surface area contributed by atoms with E-state index < -0.39 is 0 Å². The summed E-state index contributed by atoms with van der Waals surface area (Å²) in [6.07, 6.45) is 5.16. The van der Waals surface area contributed by atoms with Crippen LogP contribution in [0.15, 0.2) is 30.3 Å². The minimum absolute atomic E-state index is 0.155. The molecule has 1 aromatic carbocycles. The average molecular weight is 435 g/mol. The highest BCUT2D eigenvalue weighted by molar-refractivity contribution is 5.83. The van der Waals surface area contributed by atoms with Gasteiger partial charge in [0.15, 0.2) is 0 Å². The van der Waals surface area contributed by atoms with Crippen LogP contribution in [0.5, 0.6) is 0 Å². The van der Waals surface area contributed by atoms with Gasteiger partial charge in [0.25, 0.3) is 0 Å². The van der Waals surface area contributed by atoms with Crippen molar-refractivity contribution >= 4 is 11.7 Å². The van der Waals surface area contributed by atoms with Gasteiger partial charge in [-0.1, -0.05) is 30.3 Å². The molecule has 7 heteroatoms. The molecule has 0 saturated carbocycles. The van der Waals surface area contributed by atoms with Gasteiger partial charge in [-0.25, -0.2) is 9.97 Å². The Morgan fingerprint density at radius 3 is 2.56 bits per heavy atom. The highest BCUT2D eigenvalue weighted by Gasteiger charge is 2.35. The van der Waals surface area contributed by atoms with E-state index in [9.17, 15) is 4.79 Å². The Morgan fingerprint density at radius 1 is 1.09 bits per heavy atom. The molecule has 4 heterocycles. The van der Waals surface area contributed by atoms with Crippen LogP contribution >= 0.6 is 0 Å². The second-order valence-electron chi connectivity index (χ2n) is 9.19. The fourth-order valence-electron chi connectivity index (χ4n) is 5.44. The molecule has 1 amide bonds. The molecule has 7 nitrogen and oxygen atoms in total. The van der Waals surface area contributed by atoms with E-state index in [0.29, 0.717) is 5.92 Å². The number of anilines is 1. The van der Waals surface area contributed by atoms with Gasteiger partial charge >= 0.3 is 0 Å². The Morgan fingerprint density at radius 2 is 1.84 bits per heavy atom. The minimum atomic E-state index is -0.155. The lowest BCUT2D eigenvalue weighted by Gasteiger charge is -2.36. The molecule has 2 fully saturated rings. The molecule has 2 aromatic rings. The Kier molecular flexibility index (Phi) is 6.37. The number of piperidine rings is 1. The van der Waals surface area contributed by atoms with Crippen LogP contribution < -0.4 is 10.6 Å². The summed E-state index contributed by atoms with van der Waals surface area (Å²) in [7, 11) is 1.94. The first-order valence-corrected chi connectivity index (χ1v) is 12.1. The average Bonchev–Trinajstić information content (AvgIpc) is 3.38. The molecule has 3 aliphatic heterocycles. The van der Waals surface area contributed by atoms with Gasteiger partial charge in [0.05, 0.1) is 5.69 Å². The van der Waals surface area contributed by atoms with Crippen molar-refractivity contribution in [2.45, 2.75) is 50.6 Å². The predicted octanol–water partition coefficient (Wildman–Crippen LogP) is 2.71. The molecule has 170 valence electrons. The molecule has 2 saturated heterocycles. The first-order valence-electron chi connectivity index (χ1n) is 12.1. The monoisotopic (exact) mass is 434 g/mol. The van der Waals surface area contributed by atoms with E-state index >= 15 is 0 Å². The number of rotatable bonds is 5. The molecular weight excluding hydrogens is 400 g/mol. The van der Waals surface area contributed by atoms with E-state index in [4.69, 9.17) is 9.97 Å². The van der Waals surface area contributed by atoms with Gasteiger partial charge < -0.3 is 15.5 Å². The molecule has 0 aliphatic carbocycles. The molecule has 1 atom stereocenters. The number of benzene rings is 1. The third-order valence-corrected chi connectivity index (χ3v) is 7.22. The topological polar surface area (TPSA) is 73.4 Å². The summed E-state index contributed by atoms with van der Waals surface area (Å²) in [5.41, 5.74) is 3.49. The first kappa shape index (κ1) is 21.3. The van der Waals surface area contributed by atoms with Crippen LogP contribution in [0.2, 0.25) is 0 Å². The molecule has 3 aliphatic rings. The SMILES string of the molecule is CNc1nc(C2CCN(C(=O)[C@@H](c3ccccc3)N3CCCC3)CC2)nc2c1CCNC2. The van der Waals surface area contributed by atoms with Gasteiger partial charge in [-0.15, -0.1) is 0 Å². The maximum Gasteiger partial charge on any atom is 0.244 e. The van der Waals surface area contributed by atoms with Crippen LogP contribution in [-0.4, -0.2) is 65.4 Å².